The highest BCUT2D eigenvalue weighted by atomic mass is 16.5. The summed E-state index contributed by atoms with van der Waals surface area (Å²) in [6.45, 7) is 4.53. The predicted octanol–water partition coefficient (Wildman–Crippen LogP) is 2.35. The summed E-state index contributed by atoms with van der Waals surface area (Å²) >= 11 is 0. The summed E-state index contributed by atoms with van der Waals surface area (Å²) in [6.07, 6.45) is 4.61. The predicted molar refractivity (Wildman–Crippen MR) is 101 cm³/mol. The minimum atomic E-state index is -0.812. The third-order valence-corrected chi connectivity index (χ3v) is 6.53. The van der Waals surface area contributed by atoms with E-state index in [9.17, 15) is 14.7 Å². The molecule has 27 heavy (non-hydrogen) atoms. The first-order chi connectivity index (χ1) is 13.1. The van der Waals surface area contributed by atoms with Gasteiger partial charge in [-0.3, -0.25) is 14.5 Å². The number of hydrogen-bond donors (Lipinski definition) is 1. The van der Waals surface area contributed by atoms with Gasteiger partial charge in [-0.1, -0.05) is 37.5 Å². The maximum atomic E-state index is 13.4. The van der Waals surface area contributed by atoms with Crippen LogP contribution in [0.3, 0.4) is 0 Å². The molecule has 6 nitrogen and oxygen atoms in total. The van der Waals surface area contributed by atoms with Gasteiger partial charge in [-0.15, -0.1) is 0 Å². The number of ether oxygens (including phenoxy) is 1. The second-order valence-electron chi connectivity index (χ2n) is 7.93. The molecule has 4 rings (SSSR count). The fourth-order valence-corrected chi connectivity index (χ4v) is 5.21. The normalized spacial score (nSPS) is 25.4. The van der Waals surface area contributed by atoms with Gasteiger partial charge in [0, 0.05) is 31.7 Å². The third kappa shape index (κ3) is 3.25. The van der Waals surface area contributed by atoms with Crippen molar-refractivity contribution in [3.8, 4) is 0 Å². The first-order valence-corrected chi connectivity index (χ1v) is 10.1. The highest BCUT2D eigenvalue weighted by molar-refractivity contribution is 6.01. The Morgan fingerprint density at radius 1 is 1.11 bits per heavy atom. The summed E-state index contributed by atoms with van der Waals surface area (Å²) in [6, 6.07) is 7.29. The van der Waals surface area contributed by atoms with Gasteiger partial charge in [0.2, 0.25) is 0 Å². The number of carboxylic acids is 1. The molecule has 2 heterocycles. The second kappa shape index (κ2) is 7.60. The van der Waals surface area contributed by atoms with Crippen LogP contribution in [0.15, 0.2) is 24.3 Å². The molecule has 3 aliphatic rings. The molecule has 1 saturated heterocycles. The quantitative estimate of drug-likeness (QED) is 0.879. The first kappa shape index (κ1) is 18.4. The van der Waals surface area contributed by atoms with E-state index in [1.54, 1.807) is 6.07 Å². The van der Waals surface area contributed by atoms with E-state index in [-0.39, 0.29) is 5.91 Å². The lowest BCUT2D eigenvalue weighted by Crippen LogP contribution is -2.62. The maximum Gasteiger partial charge on any atom is 0.313 e. The number of rotatable bonds is 4. The molecule has 1 amide bonds. The molecule has 1 atom stereocenters. The zero-order chi connectivity index (χ0) is 18.9. The van der Waals surface area contributed by atoms with Crippen molar-refractivity contribution >= 4 is 11.9 Å². The van der Waals surface area contributed by atoms with Crippen LogP contribution in [0, 0.1) is 0 Å². The van der Waals surface area contributed by atoms with Gasteiger partial charge < -0.3 is 14.7 Å². The van der Waals surface area contributed by atoms with Gasteiger partial charge in [-0.05, 0) is 24.5 Å². The van der Waals surface area contributed by atoms with Gasteiger partial charge in [-0.2, -0.15) is 0 Å². The summed E-state index contributed by atoms with van der Waals surface area (Å²) in [5.74, 6) is -1.46. The van der Waals surface area contributed by atoms with E-state index in [2.05, 4.69) is 4.90 Å². The van der Waals surface area contributed by atoms with Crippen LogP contribution >= 0.6 is 0 Å². The third-order valence-electron chi connectivity index (χ3n) is 6.53. The van der Waals surface area contributed by atoms with E-state index in [0.717, 1.165) is 65.0 Å². The molecule has 1 aliphatic carbocycles. The highest BCUT2D eigenvalue weighted by Gasteiger charge is 2.54. The molecule has 1 N–H and O–H groups in total. The molecule has 0 bridgehead atoms. The van der Waals surface area contributed by atoms with E-state index in [4.69, 9.17) is 4.74 Å². The Hall–Kier alpha value is -1.92. The lowest BCUT2D eigenvalue weighted by atomic mass is 9.65. The van der Waals surface area contributed by atoms with Crippen molar-refractivity contribution in [1.82, 2.24) is 9.80 Å². The molecular weight excluding hydrogens is 344 g/mol. The van der Waals surface area contributed by atoms with Crippen molar-refractivity contribution < 1.29 is 19.4 Å². The van der Waals surface area contributed by atoms with Gasteiger partial charge >= 0.3 is 5.97 Å². The van der Waals surface area contributed by atoms with E-state index in [0.29, 0.717) is 17.7 Å². The smallest absolute Gasteiger partial charge is 0.313 e. The molecule has 6 heteroatoms. The second-order valence-corrected chi connectivity index (χ2v) is 7.93. The van der Waals surface area contributed by atoms with Gasteiger partial charge in [-0.25, -0.2) is 0 Å². The van der Waals surface area contributed by atoms with Crippen LogP contribution in [0.5, 0.6) is 0 Å². The number of carboxylic acid groups (broad SMARTS) is 1. The molecule has 1 aromatic carbocycles. The van der Waals surface area contributed by atoms with Crippen LogP contribution in [0.2, 0.25) is 0 Å². The fraction of sp³-hybridized carbons (Fsp3) is 0.619. The van der Waals surface area contributed by atoms with Crippen LogP contribution in [0.25, 0.3) is 0 Å². The minimum Gasteiger partial charge on any atom is -0.481 e. The number of carbonyl (C=O) groups is 2. The van der Waals surface area contributed by atoms with Crippen molar-refractivity contribution in [2.75, 3.05) is 39.4 Å². The summed E-state index contributed by atoms with van der Waals surface area (Å²) in [5.41, 5.74) is 0.657. The fourth-order valence-electron chi connectivity index (χ4n) is 5.21. The Balaban J connectivity index is 1.70. The Morgan fingerprint density at radius 3 is 2.52 bits per heavy atom. The Morgan fingerprint density at radius 2 is 1.81 bits per heavy atom. The maximum absolute atomic E-state index is 13.4. The first-order valence-electron chi connectivity index (χ1n) is 10.1. The van der Waals surface area contributed by atoms with Crippen LogP contribution < -0.4 is 0 Å². The van der Waals surface area contributed by atoms with Crippen LogP contribution in [0.4, 0.5) is 0 Å². The molecule has 0 unspecified atom stereocenters. The SMILES string of the molecule is O=C(O)[C@H]1c2ccccc2C(=O)N(CCN2CCOCC2)C12CCCCC2. The molecule has 1 saturated carbocycles. The number of morpholine rings is 1. The number of carbonyl (C=O) groups excluding carboxylic acids is 1. The summed E-state index contributed by atoms with van der Waals surface area (Å²) in [4.78, 5) is 30.0. The molecule has 0 aromatic heterocycles. The van der Waals surface area contributed by atoms with E-state index in [1.807, 2.05) is 23.1 Å². The van der Waals surface area contributed by atoms with Crippen molar-refractivity contribution in [1.29, 1.82) is 0 Å². The Labute approximate surface area is 160 Å². The van der Waals surface area contributed by atoms with Crippen LogP contribution in [-0.4, -0.2) is 71.7 Å². The van der Waals surface area contributed by atoms with Crippen molar-refractivity contribution in [2.24, 2.45) is 0 Å². The molecular formula is C21H28N2O4. The summed E-state index contributed by atoms with van der Waals surface area (Å²) in [5, 5.41) is 10.2. The average Bonchev–Trinajstić information content (AvgIpc) is 2.69. The standard InChI is InChI=1S/C21H28N2O4/c24-19-17-7-3-2-6-16(17)18(20(25)26)21(8-4-1-5-9-21)23(19)11-10-22-12-14-27-15-13-22/h2-3,6-7,18H,1,4-5,8-15H2,(H,25,26)/t18-/m1/s1. The molecule has 1 spiro atoms. The topological polar surface area (TPSA) is 70.1 Å². The molecule has 0 radical (unpaired) electrons. The van der Waals surface area contributed by atoms with Crippen LogP contribution in [-0.2, 0) is 9.53 Å². The lowest BCUT2D eigenvalue weighted by molar-refractivity contribution is -0.144. The van der Waals surface area contributed by atoms with Crippen molar-refractivity contribution in [3.63, 3.8) is 0 Å². The van der Waals surface area contributed by atoms with Crippen molar-refractivity contribution in [3.05, 3.63) is 35.4 Å². The molecule has 2 fully saturated rings. The Kier molecular flexibility index (Phi) is 5.19. The number of fused-ring (bicyclic) bond motifs is 1. The number of hydrogen-bond acceptors (Lipinski definition) is 4. The number of amides is 1. The number of benzene rings is 1. The van der Waals surface area contributed by atoms with E-state index < -0.39 is 17.4 Å². The summed E-state index contributed by atoms with van der Waals surface area (Å²) in [7, 11) is 0. The molecule has 146 valence electrons. The number of nitrogens with zero attached hydrogens (tertiary/aromatic N) is 2. The van der Waals surface area contributed by atoms with Gasteiger partial charge in [0.25, 0.3) is 5.91 Å². The Bertz CT molecular complexity index is 708. The monoisotopic (exact) mass is 372 g/mol. The van der Waals surface area contributed by atoms with Crippen LogP contribution in [0.1, 0.15) is 53.9 Å². The van der Waals surface area contributed by atoms with Gasteiger partial charge in [0.05, 0.1) is 18.8 Å². The van der Waals surface area contributed by atoms with Gasteiger partial charge in [0.1, 0.15) is 5.92 Å². The molecule has 1 aromatic rings. The largest absolute Gasteiger partial charge is 0.481 e. The van der Waals surface area contributed by atoms with E-state index in [1.165, 1.54) is 0 Å². The lowest BCUT2D eigenvalue weighted by Gasteiger charge is -2.53. The van der Waals surface area contributed by atoms with E-state index >= 15 is 0 Å². The van der Waals surface area contributed by atoms with Gasteiger partial charge in [0.15, 0.2) is 0 Å². The number of aliphatic carboxylic acids is 1. The zero-order valence-corrected chi connectivity index (χ0v) is 15.7. The summed E-state index contributed by atoms with van der Waals surface area (Å²) < 4.78 is 5.42. The zero-order valence-electron chi connectivity index (χ0n) is 15.7. The molecule has 2 aliphatic heterocycles. The minimum absolute atomic E-state index is 0.00161. The average molecular weight is 372 g/mol. The highest BCUT2D eigenvalue weighted by Crippen LogP contribution is 2.49. The van der Waals surface area contributed by atoms with Crippen molar-refractivity contribution in [2.45, 2.75) is 43.6 Å².